The topological polar surface area (TPSA) is 91.7 Å². The Balaban J connectivity index is 1.06. The molecular formula is C29H39N5O3. The maximum Gasteiger partial charge on any atom is 0.226 e. The number of anilines is 1. The highest BCUT2D eigenvalue weighted by Crippen LogP contribution is 2.32. The number of carbonyl (C=O) groups is 1. The molecule has 8 heteroatoms. The first-order chi connectivity index (χ1) is 18.1. The first kappa shape index (κ1) is 25.6. The standard InChI is InChI=1S/C29H39N5O3/c1-2-21-17-31-29(32-18-21)34-13-9-22(10-14-34)20-37-27-8-7-25(19-30-27)23-3-5-24(6-4-23)28(36)33-15-11-26(35)12-16-33/h3,7-8,17-19,22,24,26,35H,2,4-6,9-16,20H2,1H3. The number of aryl methyl sites for hydroxylation is 1. The number of hydrogen-bond donors (Lipinski definition) is 1. The lowest BCUT2D eigenvalue weighted by Gasteiger charge is -2.33. The van der Waals surface area contributed by atoms with Crippen LogP contribution in [-0.4, -0.2) is 69.8 Å². The van der Waals surface area contributed by atoms with Crippen molar-refractivity contribution >= 4 is 17.4 Å². The second-order valence-corrected chi connectivity index (χ2v) is 10.6. The van der Waals surface area contributed by atoms with Crippen molar-refractivity contribution in [2.75, 3.05) is 37.7 Å². The summed E-state index contributed by atoms with van der Waals surface area (Å²) in [5.74, 6) is 2.31. The van der Waals surface area contributed by atoms with E-state index < -0.39 is 0 Å². The van der Waals surface area contributed by atoms with Gasteiger partial charge in [0.15, 0.2) is 0 Å². The lowest BCUT2D eigenvalue weighted by Crippen LogP contribution is -2.43. The molecule has 2 aromatic heterocycles. The lowest BCUT2D eigenvalue weighted by atomic mass is 9.86. The Morgan fingerprint density at radius 2 is 1.76 bits per heavy atom. The highest BCUT2D eigenvalue weighted by molar-refractivity contribution is 5.80. The number of rotatable bonds is 7. The van der Waals surface area contributed by atoms with E-state index in [2.05, 4.69) is 38.9 Å². The normalized spacial score (nSPS) is 21.6. The second-order valence-electron chi connectivity index (χ2n) is 10.6. The largest absolute Gasteiger partial charge is 0.477 e. The number of nitrogens with zero attached hydrogens (tertiary/aromatic N) is 5. The number of piperidine rings is 2. The van der Waals surface area contributed by atoms with Crippen molar-refractivity contribution in [3.05, 3.63) is 47.9 Å². The maximum atomic E-state index is 12.8. The van der Waals surface area contributed by atoms with Gasteiger partial charge >= 0.3 is 0 Å². The third-order valence-electron chi connectivity index (χ3n) is 8.11. The van der Waals surface area contributed by atoms with E-state index in [0.717, 1.165) is 63.1 Å². The molecule has 4 heterocycles. The van der Waals surface area contributed by atoms with Gasteiger partial charge in [-0.1, -0.05) is 13.0 Å². The summed E-state index contributed by atoms with van der Waals surface area (Å²) >= 11 is 0. The van der Waals surface area contributed by atoms with E-state index >= 15 is 0 Å². The van der Waals surface area contributed by atoms with Gasteiger partial charge in [-0.15, -0.1) is 0 Å². The van der Waals surface area contributed by atoms with Crippen molar-refractivity contribution < 1.29 is 14.6 Å². The second kappa shape index (κ2) is 12.0. The smallest absolute Gasteiger partial charge is 0.226 e. The Kier molecular flexibility index (Phi) is 8.34. The van der Waals surface area contributed by atoms with E-state index in [1.165, 1.54) is 11.1 Å². The third-order valence-corrected chi connectivity index (χ3v) is 8.11. The summed E-state index contributed by atoms with van der Waals surface area (Å²) < 4.78 is 6.03. The van der Waals surface area contributed by atoms with Crippen LogP contribution in [-0.2, 0) is 11.2 Å². The summed E-state index contributed by atoms with van der Waals surface area (Å²) in [6, 6.07) is 4.05. The number of pyridine rings is 1. The van der Waals surface area contributed by atoms with Crippen LogP contribution in [0, 0.1) is 11.8 Å². The van der Waals surface area contributed by atoms with Crippen LogP contribution in [0.1, 0.15) is 63.0 Å². The minimum Gasteiger partial charge on any atom is -0.477 e. The van der Waals surface area contributed by atoms with Crippen LogP contribution < -0.4 is 9.64 Å². The fourth-order valence-electron chi connectivity index (χ4n) is 5.52. The SMILES string of the molecule is CCc1cnc(N2CCC(COc3ccc(C4=CCC(C(=O)N5CCC(O)CC5)CC4)cn3)CC2)nc1. The zero-order valence-electron chi connectivity index (χ0n) is 21.9. The molecule has 1 N–H and O–H groups in total. The van der Waals surface area contributed by atoms with Crippen molar-refractivity contribution in [1.82, 2.24) is 19.9 Å². The van der Waals surface area contributed by atoms with E-state index in [1.54, 1.807) is 0 Å². The molecule has 198 valence electrons. The molecule has 2 aromatic rings. The van der Waals surface area contributed by atoms with Gasteiger partial charge in [-0.05, 0) is 80.1 Å². The van der Waals surface area contributed by atoms with E-state index in [0.29, 0.717) is 44.3 Å². The van der Waals surface area contributed by atoms with Gasteiger partial charge in [-0.3, -0.25) is 4.79 Å². The van der Waals surface area contributed by atoms with E-state index in [1.807, 2.05) is 29.6 Å². The summed E-state index contributed by atoms with van der Waals surface area (Å²) in [4.78, 5) is 30.6. The number of likely N-dealkylation sites (tertiary alicyclic amines) is 1. The van der Waals surface area contributed by atoms with Crippen LogP contribution in [0.3, 0.4) is 0 Å². The highest BCUT2D eigenvalue weighted by Gasteiger charge is 2.29. The zero-order chi connectivity index (χ0) is 25.6. The summed E-state index contributed by atoms with van der Waals surface area (Å²) in [6.45, 7) is 6.04. The van der Waals surface area contributed by atoms with Crippen LogP contribution in [0.5, 0.6) is 5.88 Å². The average Bonchev–Trinajstić information content (AvgIpc) is 2.97. The molecule has 0 saturated carbocycles. The molecule has 8 nitrogen and oxygen atoms in total. The van der Waals surface area contributed by atoms with Crippen LogP contribution in [0.2, 0.25) is 0 Å². The Morgan fingerprint density at radius 3 is 2.38 bits per heavy atom. The first-order valence-corrected chi connectivity index (χ1v) is 13.9. The molecule has 0 bridgehead atoms. The van der Waals surface area contributed by atoms with Gasteiger partial charge < -0.3 is 19.6 Å². The van der Waals surface area contributed by atoms with Crippen LogP contribution in [0.4, 0.5) is 5.95 Å². The third kappa shape index (κ3) is 6.47. The molecule has 1 amide bonds. The van der Waals surface area contributed by atoms with Gasteiger partial charge in [0.1, 0.15) is 0 Å². The number of carbonyl (C=O) groups excluding carboxylic acids is 1. The van der Waals surface area contributed by atoms with Gasteiger partial charge in [0.2, 0.25) is 17.7 Å². The molecule has 1 atom stereocenters. The number of aromatic nitrogens is 3. The first-order valence-electron chi connectivity index (χ1n) is 13.9. The van der Waals surface area contributed by atoms with Crippen LogP contribution in [0.25, 0.3) is 5.57 Å². The van der Waals surface area contributed by atoms with Crippen molar-refractivity contribution in [2.24, 2.45) is 11.8 Å². The summed E-state index contributed by atoms with van der Waals surface area (Å²) in [6.07, 6.45) is 14.7. The van der Waals surface area contributed by atoms with Gasteiger partial charge in [0, 0.05) is 56.8 Å². The number of amides is 1. The van der Waals surface area contributed by atoms with E-state index in [9.17, 15) is 9.90 Å². The molecule has 2 aliphatic heterocycles. The van der Waals surface area contributed by atoms with Gasteiger partial charge in [0.05, 0.1) is 12.7 Å². The Labute approximate surface area is 219 Å². The molecule has 1 unspecified atom stereocenters. The number of aliphatic hydroxyl groups is 1. The molecule has 5 rings (SSSR count). The van der Waals surface area contributed by atoms with Crippen LogP contribution in [0.15, 0.2) is 36.8 Å². The lowest BCUT2D eigenvalue weighted by molar-refractivity contribution is -0.137. The summed E-state index contributed by atoms with van der Waals surface area (Å²) in [5, 5.41) is 9.69. The van der Waals surface area contributed by atoms with Gasteiger partial charge in [-0.2, -0.15) is 0 Å². The van der Waals surface area contributed by atoms with Crippen molar-refractivity contribution in [2.45, 2.75) is 64.4 Å². The fraction of sp³-hybridized carbons (Fsp3) is 0.586. The molecular weight excluding hydrogens is 466 g/mol. The van der Waals surface area contributed by atoms with Crippen LogP contribution >= 0.6 is 0 Å². The predicted molar refractivity (Wildman–Crippen MR) is 143 cm³/mol. The van der Waals surface area contributed by atoms with Gasteiger partial charge in [-0.25, -0.2) is 15.0 Å². The van der Waals surface area contributed by atoms with E-state index in [4.69, 9.17) is 4.74 Å². The number of hydrogen-bond acceptors (Lipinski definition) is 7. The summed E-state index contributed by atoms with van der Waals surface area (Å²) in [7, 11) is 0. The Hall–Kier alpha value is -3.00. The molecule has 0 aromatic carbocycles. The Morgan fingerprint density at radius 1 is 1.00 bits per heavy atom. The predicted octanol–water partition coefficient (Wildman–Crippen LogP) is 3.90. The maximum absolute atomic E-state index is 12.8. The fourth-order valence-corrected chi connectivity index (χ4v) is 5.52. The molecule has 2 fully saturated rings. The molecule has 3 aliphatic rings. The quantitative estimate of drug-likeness (QED) is 0.610. The van der Waals surface area contributed by atoms with E-state index in [-0.39, 0.29) is 17.9 Å². The molecule has 2 saturated heterocycles. The number of allylic oxidation sites excluding steroid dienone is 2. The summed E-state index contributed by atoms with van der Waals surface area (Å²) in [5.41, 5.74) is 3.54. The average molecular weight is 506 g/mol. The zero-order valence-corrected chi connectivity index (χ0v) is 21.9. The molecule has 37 heavy (non-hydrogen) atoms. The minimum absolute atomic E-state index is 0.0586. The van der Waals surface area contributed by atoms with Crippen molar-refractivity contribution in [3.63, 3.8) is 0 Å². The highest BCUT2D eigenvalue weighted by atomic mass is 16.5. The van der Waals surface area contributed by atoms with Crippen molar-refractivity contribution in [1.29, 1.82) is 0 Å². The minimum atomic E-state index is -0.252. The molecule has 1 aliphatic carbocycles. The number of aliphatic hydroxyl groups excluding tert-OH is 1. The van der Waals surface area contributed by atoms with Crippen molar-refractivity contribution in [3.8, 4) is 5.88 Å². The van der Waals surface area contributed by atoms with Gasteiger partial charge in [0.25, 0.3) is 0 Å². The molecule has 0 radical (unpaired) electrons. The Bertz CT molecular complexity index is 1060. The number of ether oxygens (including phenoxy) is 1. The monoisotopic (exact) mass is 505 g/mol. The molecule has 0 spiro atoms.